The lowest BCUT2D eigenvalue weighted by Crippen LogP contribution is -2.44. The zero-order valence-corrected chi connectivity index (χ0v) is 17.4. The molecule has 0 spiro atoms. The number of anilines is 1. The Morgan fingerprint density at radius 1 is 1.39 bits per heavy atom. The molecule has 2 aliphatic heterocycles. The Hall–Kier alpha value is -2.76. The topological polar surface area (TPSA) is 101 Å². The quantitative estimate of drug-likeness (QED) is 0.789. The SMILES string of the molecule is CCc1c([C]=O)n(C2CC2)c2c(C#N)c(N3C[C@@H]4CCO[C@]4(CN)C3)c(F)cc2c1=O. The van der Waals surface area contributed by atoms with Gasteiger partial charge in [-0.25, -0.2) is 4.39 Å². The van der Waals surface area contributed by atoms with Gasteiger partial charge in [-0.05, 0) is 31.7 Å². The van der Waals surface area contributed by atoms with Crippen LogP contribution in [0.3, 0.4) is 0 Å². The molecule has 1 saturated carbocycles. The molecule has 1 aromatic heterocycles. The maximum Gasteiger partial charge on any atom is 0.251 e. The van der Waals surface area contributed by atoms with Gasteiger partial charge in [-0.2, -0.15) is 5.26 Å². The molecule has 3 aliphatic rings. The number of rotatable bonds is 5. The highest BCUT2D eigenvalue weighted by Gasteiger charge is 2.51. The molecule has 3 heterocycles. The average Bonchev–Trinajstić information content (AvgIpc) is 3.43. The third-order valence-corrected chi connectivity index (χ3v) is 7.15. The lowest BCUT2D eigenvalue weighted by molar-refractivity contribution is 0.0126. The Bertz CT molecular complexity index is 1200. The second-order valence-electron chi connectivity index (χ2n) is 8.79. The zero-order valence-electron chi connectivity index (χ0n) is 17.4. The Morgan fingerprint density at radius 2 is 2.16 bits per heavy atom. The van der Waals surface area contributed by atoms with Gasteiger partial charge in [0, 0.05) is 43.8 Å². The summed E-state index contributed by atoms with van der Waals surface area (Å²) in [6.45, 7) is 3.65. The van der Waals surface area contributed by atoms with E-state index < -0.39 is 16.8 Å². The van der Waals surface area contributed by atoms with Gasteiger partial charge in [-0.3, -0.25) is 9.59 Å². The summed E-state index contributed by atoms with van der Waals surface area (Å²) in [5.74, 6) is -0.452. The average molecular weight is 423 g/mol. The van der Waals surface area contributed by atoms with Crippen LogP contribution >= 0.6 is 0 Å². The number of nitrogens with zero attached hydrogens (tertiary/aromatic N) is 3. The highest BCUT2D eigenvalue weighted by molar-refractivity contribution is 5.94. The van der Waals surface area contributed by atoms with Crippen molar-refractivity contribution in [2.75, 3.05) is 31.1 Å². The van der Waals surface area contributed by atoms with Gasteiger partial charge in [0.2, 0.25) is 0 Å². The molecule has 8 heteroatoms. The summed E-state index contributed by atoms with van der Waals surface area (Å²) in [6, 6.07) is 3.38. The minimum atomic E-state index is -0.611. The number of nitrogens with two attached hydrogens (primary N) is 1. The summed E-state index contributed by atoms with van der Waals surface area (Å²) in [4.78, 5) is 26.8. The van der Waals surface area contributed by atoms with Crippen LogP contribution in [0.4, 0.5) is 10.1 Å². The van der Waals surface area contributed by atoms with Crippen LogP contribution in [0.5, 0.6) is 0 Å². The Balaban J connectivity index is 1.80. The van der Waals surface area contributed by atoms with Crippen LogP contribution in [-0.2, 0) is 16.0 Å². The third-order valence-electron chi connectivity index (χ3n) is 7.15. The summed E-state index contributed by atoms with van der Waals surface area (Å²) in [5.41, 5.74) is 6.14. The van der Waals surface area contributed by atoms with Gasteiger partial charge in [0.25, 0.3) is 6.29 Å². The number of fused-ring (bicyclic) bond motifs is 2. The fourth-order valence-electron chi connectivity index (χ4n) is 5.46. The van der Waals surface area contributed by atoms with E-state index in [0.717, 1.165) is 19.3 Å². The maximum atomic E-state index is 15.5. The van der Waals surface area contributed by atoms with E-state index in [2.05, 4.69) is 6.07 Å². The van der Waals surface area contributed by atoms with Crippen LogP contribution in [0, 0.1) is 23.1 Å². The fraction of sp³-hybridized carbons (Fsp3) is 0.522. The van der Waals surface area contributed by atoms with Crippen molar-refractivity contribution in [1.82, 2.24) is 4.57 Å². The van der Waals surface area contributed by atoms with Gasteiger partial charge in [-0.1, -0.05) is 6.92 Å². The van der Waals surface area contributed by atoms with Crippen molar-refractivity contribution in [3.05, 3.63) is 38.9 Å². The minimum Gasteiger partial charge on any atom is -0.371 e. The minimum absolute atomic E-state index is 0.00642. The molecule has 0 unspecified atom stereocenters. The van der Waals surface area contributed by atoms with Gasteiger partial charge in [-0.15, -0.1) is 0 Å². The first-order chi connectivity index (χ1) is 15.0. The van der Waals surface area contributed by atoms with Crippen molar-refractivity contribution in [2.45, 2.75) is 44.2 Å². The summed E-state index contributed by atoms with van der Waals surface area (Å²) >= 11 is 0. The molecule has 2 atom stereocenters. The molecule has 0 bridgehead atoms. The van der Waals surface area contributed by atoms with Crippen molar-refractivity contribution in [3.8, 4) is 6.07 Å². The highest BCUT2D eigenvalue weighted by Crippen LogP contribution is 2.45. The van der Waals surface area contributed by atoms with E-state index in [1.807, 2.05) is 11.2 Å². The number of pyridine rings is 1. The molecule has 0 amide bonds. The van der Waals surface area contributed by atoms with Crippen LogP contribution in [0.1, 0.15) is 49.0 Å². The van der Waals surface area contributed by atoms with Gasteiger partial charge in [0.05, 0.1) is 16.6 Å². The standard InChI is InChI=1S/C23H24FN4O3/c1-2-15-19(10-29)28(14-3-4-14)20-16(22(15)30)7-18(24)21(17(20)8-25)27-9-13-5-6-31-23(13,11-26)12-27/h7,13-14H,2-6,9,11-12,26H2,1H3/t13-,23+/m0/s1. The van der Waals surface area contributed by atoms with Crippen LogP contribution in [0.2, 0.25) is 0 Å². The molecule has 3 fully saturated rings. The lowest BCUT2D eigenvalue weighted by Gasteiger charge is -2.28. The smallest absolute Gasteiger partial charge is 0.251 e. The lowest BCUT2D eigenvalue weighted by atomic mass is 9.91. The molecule has 1 aliphatic carbocycles. The van der Waals surface area contributed by atoms with Crippen LogP contribution < -0.4 is 16.1 Å². The van der Waals surface area contributed by atoms with Crippen molar-refractivity contribution in [1.29, 1.82) is 5.26 Å². The third kappa shape index (κ3) is 2.76. The van der Waals surface area contributed by atoms with Crippen molar-refractivity contribution in [2.24, 2.45) is 11.7 Å². The van der Waals surface area contributed by atoms with E-state index in [9.17, 15) is 14.9 Å². The largest absolute Gasteiger partial charge is 0.371 e. The summed E-state index contributed by atoms with van der Waals surface area (Å²) < 4.78 is 23.2. The summed E-state index contributed by atoms with van der Waals surface area (Å²) in [6.07, 6.45) is 4.77. The number of hydrogen-bond donors (Lipinski definition) is 1. The van der Waals surface area contributed by atoms with Crippen molar-refractivity contribution >= 4 is 22.9 Å². The fourth-order valence-corrected chi connectivity index (χ4v) is 5.46. The van der Waals surface area contributed by atoms with Gasteiger partial charge in [0.1, 0.15) is 28.7 Å². The number of nitriles is 1. The van der Waals surface area contributed by atoms with E-state index in [1.54, 1.807) is 11.5 Å². The van der Waals surface area contributed by atoms with Gasteiger partial charge in [0.15, 0.2) is 5.43 Å². The predicted molar refractivity (Wildman–Crippen MR) is 113 cm³/mol. The van der Waals surface area contributed by atoms with E-state index in [0.29, 0.717) is 43.7 Å². The van der Waals surface area contributed by atoms with Gasteiger partial charge < -0.3 is 19.9 Å². The first-order valence-electron chi connectivity index (χ1n) is 10.8. The molecule has 161 valence electrons. The van der Waals surface area contributed by atoms with E-state index >= 15 is 4.39 Å². The second-order valence-corrected chi connectivity index (χ2v) is 8.79. The molecule has 31 heavy (non-hydrogen) atoms. The number of ether oxygens (including phenoxy) is 1. The molecule has 2 aromatic rings. The second kappa shape index (κ2) is 7.14. The van der Waals surface area contributed by atoms with Crippen molar-refractivity contribution in [3.63, 3.8) is 0 Å². The number of halogens is 1. The number of hydrogen-bond acceptors (Lipinski definition) is 6. The maximum absolute atomic E-state index is 15.5. The summed E-state index contributed by atoms with van der Waals surface area (Å²) in [7, 11) is 0. The van der Waals surface area contributed by atoms with Crippen molar-refractivity contribution < 1.29 is 13.9 Å². The molecule has 1 aromatic carbocycles. The van der Waals surface area contributed by atoms with E-state index in [-0.39, 0.29) is 34.3 Å². The Kier molecular flexibility index (Phi) is 4.65. The number of aromatic nitrogens is 1. The Morgan fingerprint density at radius 3 is 2.74 bits per heavy atom. The molecule has 2 saturated heterocycles. The molecular weight excluding hydrogens is 399 g/mol. The highest BCUT2D eigenvalue weighted by atomic mass is 19.1. The monoisotopic (exact) mass is 423 g/mol. The predicted octanol–water partition coefficient (Wildman–Crippen LogP) is 1.92. The normalized spacial score (nSPS) is 25.1. The van der Waals surface area contributed by atoms with Crippen LogP contribution in [-0.4, -0.2) is 42.7 Å². The molecule has 2 N–H and O–H groups in total. The number of carbonyl (C=O) groups excluding carboxylic acids is 1. The first-order valence-corrected chi connectivity index (χ1v) is 10.8. The Labute approximate surface area is 179 Å². The number of benzene rings is 1. The van der Waals surface area contributed by atoms with Crippen LogP contribution in [0.25, 0.3) is 10.9 Å². The molecule has 1 radical (unpaired) electrons. The molecular formula is C23H24FN4O3. The van der Waals surface area contributed by atoms with Gasteiger partial charge >= 0.3 is 0 Å². The van der Waals surface area contributed by atoms with Crippen LogP contribution in [0.15, 0.2) is 10.9 Å². The summed E-state index contributed by atoms with van der Waals surface area (Å²) in [5, 5.41) is 10.3. The van der Waals surface area contributed by atoms with E-state index in [4.69, 9.17) is 10.5 Å². The molecule has 5 rings (SSSR count). The molecule has 7 nitrogen and oxygen atoms in total. The first kappa shape index (κ1) is 20.2. The zero-order chi connectivity index (χ0) is 21.9. The van der Waals surface area contributed by atoms with E-state index in [1.165, 1.54) is 6.07 Å².